The average molecular weight is 527 g/mol. The number of hydrogen-bond donors (Lipinski definition) is 0. The van der Waals surface area contributed by atoms with Crippen molar-refractivity contribution >= 4 is 17.9 Å². The second-order valence-corrected chi connectivity index (χ2v) is 9.46. The topological polar surface area (TPSA) is 88.1 Å². The summed E-state index contributed by atoms with van der Waals surface area (Å²) >= 11 is 0. The van der Waals surface area contributed by atoms with E-state index in [1.165, 1.54) is 57.8 Å². The number of rotatable bonds is 25. The van der Waals surface area contributed by atoms with E-state index in [9.17, 15) is 14.4 Å². The van der Waals surface area contributed by atoms with Crippen LogP contribution in [0.1, 0.15) is 130 Å². The Bertz CT molecular complexity index is 595. The van der Waals surface area contributed by atoms with Gasteiger partial charge in [-0.2, -0.15) is 0 Å². The highest BCUT2D eigenvalue weighted by Crippen LogP contribution is 2.26. The highest BCUT2D eigenvalue weighted by atomic mass is 16.6. The zero-order valence-corrected chi connectivity index (χ0v) is 24.2. The normalized spacial score (nSPS) is 11.6. The predicted molar refractivity (Wildman–Crippen MR) is 147 cm³/mol. The van der Waals surface area contributed by atoms with Gasteiger partial charge in [0.1, 0.15) is 0 Å². The third-order valence-corrected chi connectivity index (χ3v) is 6.15. The molecule has 0 saturated carbocycles. The van der Waals surface area contributed by atoms with Crippen LogP contribution >= 0.6 is 0 Å². The third kappa shape index (κ3) is 18.9. The quantitative estimate of drug-likeness (QED) is 0.0536. The van der Waals surface area contributed by atoms with Gasteiger partial charge in [-0.05, 0) is 52.9 Å². The van der Waals surface area contributed by atoms with Gasteiger partial charge in [0.25, 0.3) is 0 Å². The number of esters is 3. The van der Waals surface area contributed by atoms with Crippen molar-refractivity contribution in [3.8, 4) is 0 Å². The van der Waals surface area contributed by atoms with Crippen molar-refractivity contribution in [1.29, 1.82) is 0 Å². The first-order chi connectivity index (χ1) is 18.0. The first-order valence-electron chi connectivity index (χ1n) is 14.7. The number of hydrogen-bond acceptors (Lipinski definition) is 7. The molecule has 0 aliphatic rings. The van der Waals surface area contributed by atoms with E-state index in [1.807, 2.05) is 0 Å². The summed E-state index contributed by atoms with van der Waals surface area (Å²) in [7, 11) is 0. The molecule has 0 aliphatic heterocycles. The molecule has 0 fully saturated rings. The Kier molecular flexibility index (Phi) is 23.2. The molecule has 37 heavy (non-hydrogen) atoms. The Hall–Kier alpha value is -1.89. The minimum absolute atomic E-state index is 0.115. The first-order valence-corrected chi connectivity index (χ1v) is 14.7. The molecule has 0 spiro atoms. The van der Waals surface area contributed by atoms with Crippen molar-refractivity contribution in [2.24, 2.45) is 0 Å². The van der Waals surface area contributed by atoms with Crippen molar-refractivity contribution in [3.05, 3.63) is 12.2 Å². The van der Waals surface area contributed by atoms with Crippen LogP contribution in [0.3, 0.4) is 0 Å². The van der Waals surface area contributed by atoms with Gasteiger partial charge in [-0.3, -0.25) is 9.59 Å². The van der Waals surface area contributed by atoms with Crippen molar-refractivity contribution < 1.29 is 33.3 Å². The van der Waals surface area contributed by atoms with Gasteiger partial charge in [0.05, 0.1) is 32.7 Å². The summed E-state index contributed by atoms with van der Waals surface area (Å²) in [6.07, 6.45) is 20.6. The zero-order valence-electron chi connectivity index (χ0n) is 24.2. The minimum atomic E-state index is -1.73. The zero-order chi connectivity index (χ0) is 27.6. The Labute approximate surface area is 226 Å². The van der Waals surface area contributed by atoms with Crippen molar-refractivity contribution in [2.45, 2.75) is 136 Å². The lowest BCUT2D eigenvalue weighted by molar-refractivity contribution is -0.185. The minimum Gasteiger partial charge on any atom is -0.466 e. The molecule has 0 atom stereocenters. The fourth-order valence-corrected chi connectivity index (χ4v) is 4.14. The van der Waals surface area contributed by atoms with Crippen LogP contribution in [0, 0.1) is 0 Å². The fourth-order valence-electron chi connectivity index (χ4n) is 4.14. The molecule has 216 valence electrons. The molecular formula is C30H54O7. The van der Waals surface area contributed by atoms with E-state index < -0.39 is 23.5 Å². The molecule has 0 amide bonds. The Morgan fingerprint density at radius 3 is 1.46 bits per heavy atom. The van der Waals surface area contributed by atoms with E-state index >= 15 is 0 Å². The monoisotopic (exact) mass is 526 g/mol. The van der Waals surface area contributed by atoms with Crippen LogP contribution in [0.5, 0.6) is 0 Å². The van der Waals surface area contributed by atoms with Crippen molar-refractivity contribution in [1.82, 2.24) is 0 Å². The van der Waals surface area contributed by atoms with Crippen LogP contribution in [-0.2, 0) is 33.3 Å². The maximum Gasteiger partial charge on any atom is 0.339 e. The summed E-state index contributed by atoms with van der Waals surface area (Å²) in [6, 6.07) is 0. The molecule has 0 aromatic rings. The lowest BCUT2D eigenvalue weighted by Gasteiger charge is -2.30. The van der Waals surface area contributed by atoms with Gasteiger partial charge < -0.3 is 18.9 Å². The van der Waals surface area contributed by atoms with Gasteiger partial charge in [0, 0.05) is 6.61 Å². The molecule has 0 aliphatic carbocycles. The second kappa shape index (κ2) is 24.4. The molecule has 0 aromatic carbocycles. The van der Waals surface area contributed by atoms with Gasteiger partial charge in [-0.25, -0.2) is 4.79 Å². The second-order valence-electron chi connectivity index (χ2n) is 9.46. The summed E-state index contributed by atoms with van der Waals surface area (Å²) < 4.78 is 21.1. The molecule has 0 N–H and O–H groups in total. The average Bonchev–Trinajstić information content (AvgIpc) is 2.86. The Balaban J connectivity index is 4.33. The van der Waals surface area contributed by atoms with Gasteiger partial charge >= 0.3 is 17.9 Å². The van der Waals surface area contributed by atoms with Crippen LogP contribution < -0.4 is 0 Å². The van der Waals surface area contributed by atoms with Gasteiger partial charge in [0.2, 0.25) is 0 Å². The molecule has 0 saturated heterocycles. The number of allylic oxidation sites excluding steroid dienone is 2. The molecule has 7 heteroatoms. The van der Waals surface area contributed by atoms with Crippen LogP contribution in [0.4, 0.5) is 0 Å². The van der Waals surface area contributed by atoms with Crippen molar-refractivity contribution in [3.63, 3.8) is 0 Å². The van der Waals surface area contributed by atoms with Crippen LogP contribution in [0.25, 0.3) is 0 Å². The fraction of sp³-hybridized carbons (Fsp3) is 0.833. The molecule has 0 heterocycles. The van der Waals surface area contributed by atoms with E-state index in [0.717, 1.165) is 32.1 Å². The van der Waals surface area contributed by atoms with Gasteiger partial charge in [-0.15, -0.1) is 0 Å². The summed E-state index contributed by atoms with van der Waals surface area (Å²) in [5.41, 5.74) is -1.73. The van der Waals surface area contributed by atoms with E-state index in [0.29, 0.717) is 0 Å². The van der Waals surface area contributed by atoms with E-state index in [-0.39, 0.29) is 39.3 Å². The molecule has 0 aromatic heterocycles. The molecule has 7 nitrogen and oxygen atoms in total. The van der Waals surface area contributed by atoms with Crippen molar-refractivity contribution in [2.75, 3.05) is 26.4 Å². The van der Waals surface area contributed by atoms with E-state index in [4.69, 9.17) is 18.9 Å². The maximum atomic E-state index is 12.8. The number of carbonyl (C=O) groups excluding carboxylic acids is 3. The molecule has 0 rings (SSSR count). The first kappa shape index (κ1) is 35.1. The predicted octanol–water partition coefficient (Wildman–Crippen LogP) is 7.25. The lowest BCUT2D eigenvalue weighted by atomic mass is 9.94. The molecule has 0 unspecified atom stereocenters. The molecule has 0 radical (unpaired) electrons. The van der Waals surface area contributed by atoms with Gasteiger partial charge in [0.15, 0.2) is 5.60 Å². The number of carbonyl (C=O) groups is 3. The standard InChI is InChI=1S/C30H54O7/c1-5-9-10-11-12-13-14-15-16-17-18-19-20-21-22-23-24-37-30(29(33)36-8-4,25-27(31)34-6-2)26-28(32)35-7-3/h15-16H,5-14,17-26H2,1-4H3/b16-15-. The third-order valence-electron chi connectivity index (χ3n) is 6.15. The van der Waals surface area contributed by atoms with E-state index in [2.05, 4.69) is 19.1 Å². The maximum absolute atomic E-state index is 12.8. The SMILES string of the molecule is CCCCCCCC/C=C\CCCCCCCCOC(CC(=O)OCC)(CC(=O)OCC)C(=O)OCC. The smallest absolute Gasteiger partial charge is 0.339 e. The molecule has 0 bridgehead atoms. The van der Waals surface area contributed by atoms with Crippen LogP contribution in [0.2, 0.25) is 0 Å². The van der Waals surface area contributed by atoms with Crippen LogP contribution in [0.15, 0.2) is 12.2 Å². The number of ether oxygens (including phenoxy) is 4. The highest BCUT2D eigenvalue weighted by Gasteiger charge is 2.46. The largest absolute Gasteiger partial charge is 0.466 e. The van der Waals surface area contributed by atoms with Gasteiger partial charge in [-0.1, -0.05) is 76.9 Å². The summed E-state index contributed by atoms with van der Waals surface area (Å²) in [4.78, 5) is 37.2. The Morgan fingerprint density at radius 1 is 0.568 bits per heavy atom. The Morgan fingerprint density at radius 2 is 1.00 bits per heavy atom. The number of unbranched alkanes of at least 4 members (excludes halogenated alkanes) is 12. The summed E-state index contributed by atoms with van der Waals surface area (Å²) in [6.45, 7) is 8.00. The summed E-state index contributed by atoms with van der Waals surface area (Å²) in [5, 5.41) is 0. The lowest BCUT2D eigenvalue weighted by Crippen LogP contribution is -2.47. The molecular weight excluding hydrogens is 472 g/mol. The highest BCUT2D eigenvalue weighted by molar-refractivity contribution is 5.90. The van der Waals surface area contributed by atoms with Crippen LogP contribution in [-0.4, -0.2) is 49.9 Å². The van der Waals surface area contributed by atoms with E-state index in [1.54, 1.807) is 20.8 Å². The summed E-state index contributed by atoms with van der Waals surface area (Å²) in [5.74, 6) is -1.96.